The third-order valence-electron chi connectivity index (χ3n) is 4.11. The lowest BCUT2D eigenvalue weighted by Crippen LogP contribution is -2.52. The second kappa shape index (κ2) is 7.31. The fraction of sp³-hybridized carbons (Fsp3) is 0.600. The first-order valence-electron chi connectivity index (χ1n) is 7.11. The minimum absolute atomic E-state index is 0.308. The molecule has 2 rings (SSSR count). The summed E-state index contributed by atoms with van der Waals surface area (Å²) in [5.74, 6) is -0.619. The Morgan fingerprint density at radius 1 is 0.952 bits per heavy atom. The summed E-state index contributed by atoms with van der Waals surface area (Å²) in [5.41, 5.74) is 6.79. The van der Waals surface area contributed by atoms with Crippen molar-refractivity contribution in [1.29, 1.82) is 0 Å². The maximum atomic E-state index is 10.2. The molecule has 0 bridgehead atoms. The molecule has 1 aromatic rings. The van der Waals surface area contributed by atoms with E-state index in [4.69, 9.17) is 10.5 Å². The lowest BCUT2D eigenvalue weighted by atomic mass is 9.87. The van der Waals surface area contributed by atoms with Gasteiger partial charge in [-0.1, -0.05) is 30.3 Å². The van der Waals surface area contributed by atoms with E-state index in [0.717, 1.165) is 5.56 Å². The molecule has 118 valence electrons. The van der Waals surface area contributed by atoms with Crippen molar-refractivity contribution in [3.63, 3.8) is 0 Å². The minimum Gasteiger partial charge on any atom is -0.396 e. The maximum Gasteiger partial charge on any atom is 0.108 e. The molecule has 6 atom stereocenters. The van der Waals surface area contributed by atoms with Gasteiger partial charge in [0.1, 0.15) is 6.10 Å². The van der Waals surface area contributed by atoms with Gasteiger partial charge in [0.25, 0.3) is 0 Å². The summed E-state index contributed by atoms with van der Waals surface area (Å²) in [6.45, 7) is -0.706. The Morgan fingerprint density at radius 3 is 2.19 bits per heavy atom. The van der Waals surface area contributed by atoms with Crippen molar-refractivity contribution in [1.82, 2.24) is 0 Å². The lowest BCUT2D eigenvalue weighted by molar-refractivity contribution is -0.104. The smallest absolute Gasteiger partial charge is 0.108 e. The summed E-state index contributed by atoms with van der Waals surface area (Å²) in [6, 6.07) is 8.53. The number of aliphatic hydroxyl groups is 4. The fourth-order valence-corrected chi connectivity index (χ4v) is 2.78. The molecule has 1 saturated heterocycles. The number of nitrogens with two attached hydrogens (primary N) is 1. The molecule has 1 aromatic carbocycles. The second-order valence-electron chi connectivity index (χ2n) is 5.49. The predicted octanol–water partition coefficient (Wildman–Crippen LogP) is -1.35. The molecule has 1 aliphatic heterocycles. The molecule has 0 unspecified atom stereocenters. The van der Waals surface area contributed by atoms with Crippen molar-refractivity contribution in [2.45, 2.75) is 36.9 Å². The zero-order valence-corrected chi connectivity index (χ0v) is 11.7. The van der Waals surface area contributed by atoms with Gasteiger partial charge in [0.2, 0.25) is 0 Å². The molecule has 0 aliphatic carbocycles. The van der Waals surface area contributed by atoms with Crippen LogP contribution < -0.4 is 5.73 Å². The zero-order valence-electron chi connectivity index (χ0n) is 11.7. The number of ether oxygens (including phenoxy) is 1. The Bertz CT molecular complexity index is 429. The van der Waals surface area contributed by atoms with Crippen LogP contribution in [0.25, 0.3) is 0 Å². The van der Waals surface area contributed by atoms with Crippen molar-refractivity contribution in [3.8, 4) is 0 Å². The molecule has 21 heavy (non-hydrogen) atoms. The van der Waals surface area contributed by atoms with Crippen LogP contribution in [0.2, 0.25) is 0 Å². The summed E-state index contributed by atoms with van der Waals surface area (Å²) in [4.78, 5) is 0. The van der Waals surface area contributed by atoms with Gasteiger partial charge in [-0.15, -0.1) is 0 Å². The van der Waals surface area contributed by atoms with Gasteiger partial charge in [-0.3, -0.25) is 0 Å². The molecule has 1 heterocycles. The molecular formula is C15H23NO5. The normalized spacial score (nSPS) is 37.2. The molecular weight excluding hydrogens is 274 g/mol. The zero-order chi connectivity index (χ0) is 15.4. The molecule has 1 aliphatic rings. The van der Waals surface area contributed by atoms with Gasteiger partial charge < -0.3 is 30.9 Å². The third kappa shape index (κ3) is 3.60. The van der Waals surface area contributed by atoms with Crippen molar-refractivity contribution in [3.05, 3.63) is 35.9 Å². The molecule has 0 spiro atoms. The van der Waals surface area contributed by atoms with Gasteiger partial charge in [-0.25, -0.2) is 0 Å². The average molecular weight is 297 g/mol. The largest absolute Gasteiger partial charge is 0.396 e. The molecule has 6 heteroatoms. The number of benzene rings is 1. The van der Waals surface area contributed by atoms with E-state index in [1.165, 1.54) is 0 Å². The number of hydrogen-bond donors (Lipinski definition) is 5. The third-order valence-corrected chi connectivity index (χ3v) is 4.11. The van der Waals surface area contributed by atoms with Gasteiger partial charge >= 0.3 is 0 Å². The van der Waals surface area contributed by atoms with E-state index in [2.05, 4.69) is 0 Å². The summed E-state index contributed by atoms with van der Waals surface area (Å²) in [5, 5.41) is 39.2. The minimum atomic E-state index is -1.18. The molecule has 0 saturated carbocycles. The van der Waals surface area contributed by atoms with Crippen LogP contribution >= 0.6 is 0 Å². The standard InChI is InChI=1S/C15H23NO5/c16-13-14(19)10(7-17)11(21-12(8-18)15(13)20)6-9-4-2-1-3-5-9/h1-5,10-15,17-20H,6-8,16H2/t10-,11+,12-,13-,14+,15-/m1/s1. The van der Waals surface area contributed by atoms with E-state index >= 15 is 0 Å². The maximum absolute atomic E-state index is 10.2. The number of aliphatic hydroxyl groups excluding tert-OH is 4. The highest BCUT2D eigenvalue weighted by Crippen LogP contribution is 2.26. The van der Waals surface area contributed by atoms with Crippen molar-refractivity contribution >= 4 is 0 Å². The van der Waals surface area contributed by atoms with E-state index in [1.54, 1.807) is 0 Å². The summed E-state index contributed by atoms with van der Waals surface area (Å²) < 4.78 is 5.72. The van der Waals surface area contributed by atoms with Gasteiger partial charge in [-0.2, -0.15) is 0 Å². The lowest BCUT2D eigenvalue weighted by Gasteiger charge is -2.28. The first-order valence-corrected chi connectivity index (χ1v) is 7.11. The molecule has 0 radical (unpaired) electrons. The Balaban J connectivity index is 2.23. The van der Waals surface area contributed by atoms with Crippen LogP contribution in [-0.2, 0) is 11.2 Å². The van der Waals surface area contributed by atoms with E-state index in [-0.39, 0.29) is 6.61 Å². The van der Waals surface area contributed by atoms with Gasteiger partial charge in [0, 0.05) is 5.92 Å². The Labute approximate surface area is 123 Å². The van der Waals surface area contributed by atoms with E-state index in [1.807, 2.05) is 30.3 Å². The Morgan fingerprint density at radius 2 is 1.62 bits per heavy atom. The first kappa shape index (κ1) is 16.4. The molecule has 6 N–H and O–H groups in total. The molecule has 1 fully saturated rings. The highest BCUT2D eigenvalue weighted by Gasteiger charge is 2.43. The Kier molecular flexibility index (Phi) is 5.69. The second-order valence-corrected chi connectivity index (χ2v) is 5.49. The van der Waals surface area contributed by atoms with Crippen molar-refractivity contribution < 1.29 is 25.2 Å². The van der Waals surface area contributed by atoms with Crippen molar-refractivity contribution in [2.75, 3.05) is 13.2 Å². The Hall–Kier alpha value is -1.02. The SMILES string of the molecule is N[C@@H]1[C@@H](O)[C@H](CO)[C@H](Cc2ccccc2)O[C@H](CO)[C@H]1O. The van der Waals surface area contributed by atoms with Gasteiger partial charge in [-0.05, 0) is 12.0 Å². The summed E-state index contributed by atoms with van der Waals surface area (Å²) >= 11 is 0. The van der Waals surface area contributed by atoms with Crippen LogP contribution in [0.1, 0.15) is 5.56 Å². The summed E-state index contributed by atoms with van der Waals surface area (Å²) in [6.07, 6.45) is -3.23. The van der Waals surface area contributed by atoms with Crippen LogP contribution in [0.4, 0.5) is 0 Å². The average Bonchev–Trinajstić information content (AvgIpc) is 2.59. The number of hydrogen-bond acceptors (Lipinski definition) is 6. The highest BCUT2D eigenvalue weighted by molar-refractivity contribution is 5.16. The van der Waals surface area contributed by atoms with Crippen LogP contribution in [0.5, 0.6) is 0 Å². The van der Waals surface area contributed by atoms with Crippen LogP contribution in [0, 0.1) is 5.92 Å². The van der Waals surface area contributed by atoms with Gasteiger partial charge in [0.05, 0.1) is 37.6 Å². The molecule has 0 aromatic heterocycles. The van der Waals surface area contributed by atoms with E-state index in [9.17, 15) is 20.4 Å². The van der Waals surface area contributed by atoms with Crippen LogP contribution in [0.15, 0.2) is 30.3 Å². The van der Waals surface area contributed by atoms with E-state index in [0.29, 0.717) is 6.42 Å². The quantitative estimate of drug-likeness (QED) is 0.469. The van der Waals surface area contributed by atoms with Crippen LogP contribution in [-0.4, -0.2) is 64.1 Å². The highest BCUT2D eigenvalue weighted by atomic mass is 16.5. The number of rotatable bonds is 4. The topological polar surface area (TPSA) is 116 Å². The van der Waals surface area contributed by atoms with Crippen LogP contribution in [0.3, 0.4) is 0 Å². The van der Waals surface area contributed by atoms with E-state index < -0.39 is 43.0 Å². The monoisotopic (exact) mass is 297 g/mol. The predicted molar refractivity (Wildman–Crippen MR) is 76.5 cm³/mol. The first-order chi connectivity index (χ1) is 10.1. The fourth-order valence-electron chi connectivity index (χ4n) is 2.78. The van der Waals surface area contributed by atoms with Gasteiger partial charge in [0.15, 0.2) is 0 Å². The summed E-state index contributed by atoms with van der Waals surface area (Å²) in [7, 11) is 0. The van der Waals surface area contributed by atoms with Crippen molar-refractivity contribution in [2.24, 2.45) is 11.7 Å². The molecule has 6 nitrogen and oxygen atoms in total. The molecule has 0 amide bonds.